The van der Waals surface area contributed by atoms with Gasteiger partial charge in [0.15, 0.2) is 0 Å². The van der Waals surface area contributed by atoms with E-state index in [1.54, 1.807) is 0 Å². The molecule has 9 heteroatoms. The number of aromatic nitrogens is 1. The molecule has 3 heterocycles. The number of carbonyl (C=O) groups excluding carboxylic acids is 1. The molecule has 1 N–H and O–H groups in total. The van der Waals surface area contributed by atoms with Crippen molar-refractivity contribution in [3.8, 4) is 0 Å². The minimum absolute atomic E-state index is 0.301. The maximum Gasteiger partial charge on any atom is 0.311 e. The second-order valence-corrected chi connectivity index (χ2v) is 9.41. The Balaban J connectivity index is 1.66. The van der Waals surface area contributed by atoms with Crippen molar-refractivity contribution >= 4 is 24.4 Å². The van der Waals surface area contributed by atoms with Crippen molar-refractivity contribution in [2.75, 3.05) is 52.6 Å². The van der Waals surface area contributed by atoms with Crippen LogP contribution in [0.25, 0.3) is 10.9 Å². The highest BCUT2D eigenvalue weighted by molar-refractivity contribution is 7.57. The predicted octanol–water partition coefficient (Wildman–Crippen LogP) is 2.16. The number of hydrogen-bond donors (Lipinski definition) is 1. The fourth-order valence-corrected chi connectivity index (χ4v) is 6.29. The van der Waals surface area contributed by atoms with Crippen LogP contribution in [0.2, 0.25) is 0 Å². The molecule has 1 aromatic heterocycles. The number of nitrogens with zero attached hydrogens (tertiary/aromatic N) is 3. The molecule has 0 saturated carbocycles. The van der Waals surface area contributed by atoms with Crippen LogP contribution in [-0.4, -0.2) is 72.4 Å². The maximum absolute atomic E-state index is 14.1. The normalized spacial score (nSPS) is 19.8. The molecule has 2 fully saturated rings. The first-order valence-corrected chi connectivity index (χ1v) is 11.4. The topological polar surface area (TPSA) is 76.0 Å². The van der Waals surface area contributed by atoms with Gasteiger partial charge in [-0.25, -0.2) is 9.34 Å². The molecule has 2 aliphatic heterocycles. The van der Waals surface area contributed by atoms with Crippen molar-refractivity contribution in [3.05, 3.63) is 36.0 Å². The van der Waals surface area contributed by atoms with E-state index in [2.05, 4.69) is 5.09 Å². The SMILES string of the molecule is CCn1cc(C(=O)NP(=O)(N2CCOCC2)N2CCOCC2)c2ccccc21. The molecule has 152 valence electrons. The minimum atomic E-state index is -3.27. The van der Waals surface area contributed by atoms with Crippen LogP contribution in [-0.2, 0) is 20.6 Å². The Hall–Kier alpha value is -1.70. The van der Waals surface area contributed by atoms with E-state index in [-0.39, 0.29) is 5.91 Å². The highest BCUT2D eigenvalue weighted by Crippen LogP contribution is 2.50. The number of morpholine rings is 2. The number of nitrogens with one attached hydrogen (secondary N) is 1. The molecule has 1 amide bonds. The number of benzene rings is 1. The van der Waals surface area contributed by atoms with Crippen LogP contribution in [0.4, 0.5) is 0 Å². The van der Waals surface area contributed by atoms with Crippen molar-refractivity contribution in [1.82, 2.24) is 19.0 Å². The van der Waals surface area contributed by atoms with E-state index in [4.69, 9.17) is 9.47 Å². The van der Waals surface area contributed by atoms with Crippen LogP contribution in [0.5, 0.6) is 0 Å². The van der Waals surface area contributed by atoms with Gasteiger partial charge in [-0.1, -0.05) is 18.2 Å². The van der Waals surface area contributed by atoms with Gasteiger partial charge in [-0.05, 0) is 13.0 Å². The van der Waals surface area contributed by atoms with Crippen LogP contribution < -0.4 is 5.09 Å². The van der Waals surface area contributed by atoms with Crippen LogP contribution in [0.3, 0.4) is 0 Å². The zero-order valence-electron chi connectivity index (χ0n) is 16.2. The molecule has 2 aliphatic rings. The smallest absolute Gasteiger partial charge is 0.311 e. The molecule has 2 saturated heterocycles. The molecular weight excluding hydrogens is 379 g/mol. The van der Waals surface area contributed by atoms with Crippen LogP contribution in [0.15, 0.2) is 30.5 Å². The number of para-hydroxylation sites is 1. The lowest BCUT2D eigenvalue weighted by molar-refractivity contribution is 0.0505. The lowest BCUT2D eigenvalue weighted by Gasteiger charge is -2.41. The zero-order valence-corrected chi connectivity index (χ0v) is 17.1. The van der Waals surface area contributed by atoms with Gasteiger partial charge in [0.25, 0.3) is 5.91 Å². The quantitative estimate of drug-likeness (QED) is 0.767. The Morgan fingerprint density at radius 3 is 2.18 bits per heavy atom. The summed E-state index contributed by atoms with van der Waals surface area (Å²) < 4.78 is 30.8. The summed E-state index contributed by atoms with van der Waals surface area (Å²) in [6.45, 7) is 6.99. The predicted molar refractivity (Wildman–Crippen MR) is 107 cm³/mol. The minimum Gasteiger partial charge on any atom is -0.379 e. The van der Waals surface area contributed by atoms with Gasteiger partial charge in [0.2, 0.25) is 0 Å². The molecule has 0 spiro atoms. The Morgan fingerprint density at radius 2 is 1.61 bits per heavy atom. The van der Waals surface area contributed by atoms with E-state index in [0.717, 1.165) is 17.4 Å². The molecule has 28 heavy (non-hydrogen) atoms. The van der Waals surface area contributed by atoms with E-state index >= 15 is 0 Å². The number of rotatable bonds is 5. The van der Waals surface area contributed by atoms with Gasteiger partial charge in [-0.2, -0.15) is 0 Å². The Morgan fingerprint density at radius 1 is 1.04 bits per heavy atom. The van der Waals surface area contributed by atoms with Crippen LogP contribution >= 0.6 is 7.59 Å². The van der Waals surface area contributed by atoms with E-state index < -0.39 is 7.59 Å². The number of hydrogen-bond acceptors (Lipinski definition) is 4. The summed E-state index contributed by atoms with van der Waals surface area (Å²) in [7, 11) is -3.27. The Kier molecular flexibility index (Phi) is 5.85. The zero-order chi connectivity index (χ0) is 19.6. The lowest BCUT2D eigenvalue weighted by atomic mass is 10.2. The Bertz CT molecular complexity index is 865. The number of ether oxygens (including phenoxy) is 2. The number of aryl methyl sites for hydroxylation is 1. The Labute approximate surface area is 164 Å². The molecule has 0 atom stereocenters. The van der Waals surface area contributed by atoms with E-state index in [1.165, 1.54) is 0 Å². The number of fused-ring (bicyclic) bond motifs is 1. The summed E-state index contributed by atoms with van der Waals surface area (Å²) in [4.78, 5) is 13.3. The summed E-state index contributed by atoms with van der Waals surface area (Å²) in [5.74, 6) is -0.301. The summed E-state index contributed by atoms with van der Waals surface area (Å²) in [6, 6.07) is 7.81. The summed E-state index contributed by atoms with van der Waals surface area (Å²) >= 11 is 0. The van der Waals surface area contributed by atoms with E-state index in [1.807, 2.05) is 51.3 Å². The monoisotopic (exact) mass is 406 g/mol. The largest absolute Gasteiger partial charge is 0.379 e. The van der Waals surface area contributed by atoms with Crippen molar-refractivity contribution in [2.45, 2.75) is 13.5 Å². The van der Waals surface area contributed by atoms with Gasteiger partial charge in [0.1, 0.15) is 0 Å². The third-order valence-corrected chi connectivity index (χ3v) is 8.19. The average molecular weight is 406 g/mol. The van der Waals surface area contributed by atoms with Crippen LogP contribution in [0.1, 0.15) is 17.3 Å². The summed E-state index contributed by atoms with van der Waals surface area (Å²) in [5, 5.41) is 3.80. The van der Waals surface area contributed by atoms with Gasteiger partial charge in [-0.3, -0.25) is 14.4 Å². The second-order valence-electron chi connectivity index (χ2n) is 6.96. The van der Waals surface area contributed by atoms with Crippen LogP contribution in [0, 0.1) is 0 Å². The number of amides is 1. The van der Waals surface area contributed by atoms with Crippen molar-refractivity contribution in [3.63, 3.8) is 0 Å². The van der Waals surface area contributed by atoms with Crippen molar-refractivity contribution in [1.29, 1.82) is 0 Å². The van der Waals surface area contributed by atoms with Gasteiger partial charge in [0, 0.05) is 49.8 Å². The molecule has 0 radical (unpaired) electrons. The highest BCUT2D eigenvalue weighted by Gasteiger charge is 2.41. The fourth-order valence-electron chi connectivity index (χ4n) is 3.85. The van der Waals surface area contributed by atoms with Gasteiger partial charge in [-0.15, -0.1) is 0 Å². The fraction of sp³-hybridized carbons (Fsp3) is 0.526. The molecule has 1 aromatic carbocycles. The summed E-state index contributed by atoms with van der Waals surface area (Å²) in [5.41, 5.74) is 1.56. The van der Waals surface area contributed by atoms with E-state index in [9.17, 15) is 9.36 Å². The van der Waals surface area contributed by atoms with Crippen molar-refractivity contribution < 1.29 is 18.8 Å². The van der Waals surface area contributed by atoms with Crippen molar-refractivity contribution in [2.24, 2.45) is 0 Å². The molecule has 8 nitrogen and oxygen atoms in total. The molecule has 0 aliphatic carbocycles. The molecule has 4 rings (SSSR count). The number of carbonyl (C=O) groups is 1. The first-order chi connectivity index (χ1) is 13.6. The molecule has 0 bridgehead atoms. The third-order valence-electron chi connectivity index (χ3n) is 5.36. The second kappa shape index (κ2) is 8.35. The third kappa shape index (κ3) is 3.63. The summed E-state index contributed by atoms with van der Waals surface area (Å²) in [6.07, 6.45) is 1.85. The average Bonchev–Trinajstić information content (AvgIpc) is 3.14. The van der Waals surface area contributed by atoms with Gasteiger partial charge < -0.3 is 14.0 Å². The first kappa shape index (κ1) is 19.6. The first-order valence-electron chi connectivity index (χ1n) is 9.80. The van der Waals surface area contributed by atoms with Gasteiger partial charge >= 0.3 is 7.59 Å². The molecular formula is C19H27N4O4P. The van der Waals surface area contributed by atoms with E-state index in [0.29, 0.717) is 58.2 Å². The molecule has 0 unspecified atom stereocenters. The maximum atomic E-state index is 14.1. The molecule has 2 aromatic rings. The lowest BCUT2D eigenvalue weighted by Crippen LogP contribution is -2.48. The highest BCUT2D eigenvalue weighted by atomic mass is 31.2. The van der Waals surface area contributed by atoms with Gasteiger partial charge in [0.05, 0.1) is 32.0 Å². The standard InChI is InChI=1S/C19H27N4O4P/c1-2-21-15-17(16-5-3-4-6-18(16)21)19(24)20-28(25,22-7-11-26-12-8-22)23-9-13-27-14-10-23/h3-6,15H,2,7-14H2,1H3,(H,20,24,25).